The van der Waals surface area contributed by atoms with Crippen LogP contribution in [-0.4, -0.2) is 40.7 Å². The SMILES string of the molecule is CC(C)CC(NC(=O)CCP(O)CCc1ccccc1)C(=O)OC(C)(C)C. The van der Waals surface area contributed by atoms with Crippen molar-refractivity contribution in [1.29, 1.82) is 0 Å². The van der Waals surface area contributed by atoms with Gasteiger partial charge >= 0.3 is 5.97 Å². The van der Waals surface area contributed by atoms with Crippen molar-refractivity contribution in [2.45, 2.75) is 65.5 Å². The molecule has 2 N–H and O–H groups in total. The summed E-state index contributed by atoms with van der Waals surface area (Å²) < 4.78 is 5.42. The highest BCUT2D eigenvalue weighted by Crippen LogP contribution is 2.31. The van der Waals surface area contributed by atoms with Gasteiger partial charge in [-0.2, -0.15) is 0 Å². The lowest BCUT2D eigenvalue weighted by Crippen LogP contribution is -2.45. The molecule has 1 rings (SSSR count). The van der Waals surface area contributed by atoms with E-state index in [0.29, 0.717) is 18.7 Å². The summed E-state index contributed by atoms with van der Waals surface area (Å²) in [6.07, 6.45) is 2.67. The second-order valence-electron chi connectivity index (χ2n) is 8.22. The Balaban J connectivity index is 2.44. The maximum Gasteiger partial charge on any atom is 0.329 e. The molecule has 152 valence electrons. The van der Waals surface area contributed by atoms with Crippen molar-refractivity contribution in [3.63, 3.8) is 0 Å². The van der Waals surface area contributed by atoms with E-state index in [2.05, 4.69) is 5.32 Å². The lowest BCUT2D eigenvalue weighted by Gasteiger charge is -2.25. The zero-order valence-corrected chi connectivity index (χ0v) is 18.1. The summed E-state index contributed by atoms with van der Waals surface area (Å²) in [7, 11) is -1.19. The molecule has 0 aromatic heterocycles. The predicted molar refractivity (Wildman–Crippen MR) is 111 cm³/mol. The van der Waals surface area contributed by atoms with Crippen LogP contribution in [0.15, 0.2) is 30.3 Å². The summed E-state index contributed by atoms with van der Waals surface area (Å²) in [5.41, 5.74) is 0.596. The Hall–Kier alpha value is -1.45. The highest BCUT2D eigenvalue weighted by molar-refractivity contribution is 7.51. The second kappa shape index (κ2) is 11.4. The van der Waals surface area contributed by atoms with Gasteiger partial charge in [-0.1, -0.05) is 44.2 Å². The number of rotatable bonds is 10. The number of ether oxygens (including phenoxy) is 1. The molecule has 0 radical (unpaired) electrons. The van der Waals surface area contributed by atoms with Gasteiger partial charge < -0.3 is 14.9 Å². The number of hydrogen-bond acceptors (Lipinski definition) is 4. The number of nitrogens with one attached hydrogen (secondary N) is 1. The van der Waals surface area contributed by atoms with E-state index in [1.807, 2.05) is 65.0 Å². The standard InChI is InChI=1S/C21H34NO4P/c1-16(2)15-18(20(24)26-21(3,4)5)22-19(23)12-14-27(25)13-11-17-9-7-6-8-10-17/h6-10,16,18,25H,11-15H2,1-5H3,(H,22,23). The van der Waals surface area contributed by atoms with Crippen LogP contribution in [0.5, 0.6) is 0 Å². The molecule has 2 atom stereocenters. The molecule has 0 fully saturated rings. The Labute approximate surface area is 164 Å². The Bertz CT molecular complexity index is 584. The highest BCUT2D eigenvalue weighted by Gasteiger charge is 2.27. The van der Waals surface area contributed by atoms with E-state index < -0.39 is 25.8 Å². The number of aryl methyl sites for hydroxylation is 1. The van der Waals surface area contributed by atoms with Crippen molar-refractivity contribution in [2.75, 3.05) is 12.3 Å². The minimum absolute atomic E-state index is 0.215. The fourth-order valence-electron chi connectivity index (χ4n) is 2.57. The fraction of sp³-hybridized carbons (Fsp3) is 0.619. The van der Waals surface area contributed by atoms with Gasteiger partial charge in [0.05, 0.1) is 0 Å². The van der Waals surface area contributed by atoms with E-state index in [0.717, 1.165) is 6.42 Å². The molecule has 1 aromatic rings. The first kappa shape index (κ1) is 23.6. The Morgan fingerprint density at radius 1 is 1.15 bits per heavy atom. The molecule has 0 aliphatic rings. The third-order valence-electron chi connectivity index (χ3n) is 3.83. The molecular formula is C21H34NO4P. The quantitative estimate of drug-likeness (QED) is 0.466. The van der Waals surface area contributed by atoms with Crippen molar-refractivity contribution in [1.82, 2.24) is 5.32 Å². The molecule has 2 unspecified atom stereocenters. The highest BCUT2D eigenvalue weighted by atomic mass is 31.1. The lowest BCUT2D eigenvalue weighted by atomic mass is 10.0. The van der Waals surface area contributed by atoms with Gasteiger partial charge in [0.1, 0.15) is 11.6 Å². The first-order valence-electron chi connectivity index (χ1n) is 9.57. The predicted octanol–water partition coefficient (Wildman–Crippen LogP) is 3.88. The van der Waals surface area contributed by atoms with Crippen molar-refractivity contribution >= 4 is 20.0 Å². The third-order valence-corrected chi connectivity index (χ3v) is 5.31. The number of hydrogen-bond donors (Lipinski definition) is 2. The summed E-state index contributed by atoms with van der Waals surface area (Å²) in [6.45, 7) is 9.43. The first-order chi connectivity index (χ1) is 12.6. The number of benzene rings is 1. The van der Waals surface area contributed by atoms with Crippen molar-refractivity contribution < 1.29 is 19.2 Å². The minimum Gasteiger partial charge on any atom is -0.458 e. The van der Waals surface area contributed by atoms with Gasteiger partial charge in [-0.25, -0.2) is 4.79 Å². The molecule has 0 aliphatic heterocycles. The van der Waals surface area contributed by atoms with Crippen LogP contribution in [0, 0.1) is 5.92 Å². The molecule has 0 saturated carbocycles. The summed E-state index contributed by atoms with van der Waals surface area (Å²) in [5, 5.41) is 2.79. The normalized spacial score (nSPS) is 13.9. The van der Waals surface area contributed by atoms with E-state index in [-0.39, 0.29) is 18.2 Å². The topological polar surface area (TPSA) is 75.6 Å². The second-order valence-corrected chi connectivity index (χ2v) is 10.1. The fourth-order valence-corrected chi connectivity index (χ4v) is 3.77. The van der Waals surface area contributed by atoms with Gasteiger partial charge in [0, 0.05) is 20.7 Å². The molecule has 5 nitrogen and oxygen atoms in total. The van der Waals surface area contributed by atoms with E-state index in [9.17, 15) is 14.5 Å². The molecular weight excluding hydrogens is 361 g/mol. The van der Waals surface area contributed by atoms with E-state index >= 15 is 0 Å². The summed E-state index contributed by atoms with van der Waals surface area (Å²) in [6, 6.07) is 9.35. The molecule has 1 amide bonds. The van der Waals surface area contributed by atoms with Crippen LogP contribution in [0.3, 0.4) is 0 Å². The summed E-state index contributed by atoms with van der Waals surface area (Å²) in [4.78, 5) is 34.8. The third kappa shape index (κ3) is 11.1. The van der Waals surface area contributed by atoms with Gasteiger partial charge in [0.2, 0.25) is 5.91 Å². The van der Waals surface area contributed by atoms with E-state index in [4.69, 9.17) is 4.74 Å². The van der Waals surface area contributed by atoms with E-state index in [1.165, 1.54) is 5.56 Å². The van der Waals surface area contributed by atoms with Crippen LogP contribution in [0.4, 0.5) is 0 Å². The summed E-state index contributed by atoms with van der Waals surface area (Å²) in [5.74, 6) is -0.365. The molecule has 0 spiro atoms. The molecule has 27 heavy (non-hydrogen) atoms. The maximum atomic E-state index is 12.3. The zero-order chi connectivity index (χ0) is 20.4. The average Bonchev–Trinajstić information content (AvgIpc) is 2.56. The van der Waals surface area contributed by atoms with Gasteiger partial charge in [-0.05, 0) is 51.3 Å². The molecule has 0 aliphatic carbocycles. The Morgan fingerprint density at radius 3 is 2.33 bits per heavy atom. The zero-order valence-electron chi connectivity index (χ0n) is 17.2. The minimum atomic E-state index is -1.19. The Morgan fingerprint density at radius 2 is 1.78 bits per heavy atom. The number of carbonyl (C=O) groups excluding carboxylic acids is 2. The van der Waals surface area contributed by atoms with Crippen LogP contribution in [0.25, 0.3) is 0 Å². The molecule has 1 aromatic carbocycles. The molecule has 0 heterocycles. The number of carbonyl (C=O) groups is 2. The Kier molecular flexibility index (Phi) is 9.97. The van der Waals surface area contributed by atoms with Crippen LogP contribution < -0.4 is 5.32 Å². The van der Waals surface area contributed by atoms with Crippen molar-refractivity contribution in [2.24, 2.45) is 5.92 Å². The van der Waals surface area contributed by atoms with Crippen molar-refractivity contribution in [3.8, 4) is 0 Å². The van der Waals surface area contributed by atoms with Crippen LogP contribution in [0.2, 0.25) is 0 Å². The first-order valence-corrected chi connectivity index (χ1v) is 11.2. The van der Waals surface area contributed by atoms with Gasteiger partial charge in [-0.15, -0.1) is 0 Å². The molecule has 6 heteroatoms. The largest absolute Gasteiger partial charge is 0.458 e. The number of esters is 1. The van der Waals surface area contributed by atoms with Crippen LogP contribution >= 0.6 is 8.15 Å². The van der Waals surface area contributed by atoms with Gasteiger partial charge in [0.25, 0.3) is 0 Å². The van der Waals surface area contributed by atoms with Crippen LogP contribution in [0.1, 0.15) is 53.0 Å². The van der Waals surface area contributed by atoms with E-state index in [1.54, 1.807) is 0 Å². The summed E-state index contributed by atoms with van der Waals surface area (Å²) >= 11 is 0. The number of amides is 1. The molecule has 0 saturated heterocycles. The van der Waals surface area contributed by atoms with Crippen LogP contribution in [-0.2, 0) is 20.7 Å². The lowest BCUT2D eigenvalue weighted by molar-refractivity contribution is -0.159. The monoisotopic (exact) mass is 395 g/mol. The smallest absolute Gasteiger partial charge is 0.329 e. The molecule has 0 bridgehead atoms. The van der Waals surface area contributed by atoms with Crippen molar-refractivity contribution in [3.05, 3.63) is 35.9 Å². The van der Waals surface area contributed by atoms with Gasteiger partial charge in [0.15, 0.2) is 0 Å². The van der Waals surface area contributed by atoms with Gasteiger partial charge in [-0.3, -0.25) is 4.79 Å². The average molecular weight is 395 g/mol. The maximum absolute atomic E-state index is 12.3.